The normalized spacial score (nSPS) is 10.4. The van der Waals surface area contributed by atoms with Gasteiger partial charge >= 0.3 is 0 Å². The predicted octanol–water partition coefficient (Wildman–Crippen LogP) is 1.37. The van der Waals surface area contributed by atoms with Crippen LogP contribution in [0.2, 0.25) is 0 Å². The van der Waals surface area contributed by atoms with Gasteiger partial charge < -0.3 is 16.0 Å². The van der Waals surface area contributed by atoms with E-state index in [4.69, 9.17) is 5.73 Å². The first-order chi connectivity index (χ1) is 9.22. The zero-order valence-electron chi connectivity index (χ0n) is 11.0. The average Bonchev–Trinajstić information content (AvgIpc) is 2.90. The molecule has 19 heavy (non-hydrogen) atoms. The molecule has 0 atom stereocenters. The first-order valence-electron chi connectivity index (χ1n) is 6.10. The molecule has 0 radical (unpaired) electrons. The predicted molar refractivity (Wildman–Crippen MR) is 77.2 cm³/mol. The molecule has 0 saturated heterocycles. The standard InChI is InChI=1S/C11H17N7S/c1-3-18(4-2)11-16-9(12)15-10(17-11)14-6-8-5-13-7-19-8/h5,7H,3-4,6H2,1-2H3,(H3,12,14,15,16,17). The van der Waals surface area contributed by atoms with Crippen molar-refractivity contribution >= 4 is 29.2 Å². The topological polar surface area (TPSA) is 92.9 Å². The number of aromatic nitrogens is 4. The van der Waals surface area contributed by atoms with E-state index < -0.39 is 0 Å². The lowest BCUT2D eigenvalue weighted by Gasteiger charge is -2.18. The van der Waals surface area contributed by atoms with E-state index in [9.17, 15) is 0 Å². The van der Waals surface area contributed by atoms with Crippen LogP contribution in [0.4, 0.5) is 17.8 Å². The van der Waals surface area contributed by atoms with Crippen molar-refractivity contribution < 1.29 is 0 Å². The summed E-state index contributed by atoms with van der Waals surface area (Å²) in [6, 6.07) is 0. The van der Waals surface area contributed by atoms with Crippen LogP contribution in [0.1, 0.15) is 18.7 Å². The van der Waals surface area contributed by atoms with Crippen molar-refractivity contribution in [3.05, 3.63) is 16.6 Å². The zero-order chi connectivity index (χ0) is 13.7. The molecule has 2 aromatic rings. The number of nitrogens with zero attached hydrogens (tertiary/aromatic N) is 5. The molecule has 0 amide bonds. The number of nitrogens with two attached hydrogens (primary N) is 1. The minimum atomic E-state index is 0.226. The van der Waals surface area contributed by atoms with Crippen LogP contribution in [0.15, 0.2) is 11.7 Å². The van der Waals surface area contributed by atoms with Gasteiger partial charge in [0.1, 0.15) is 0 Å². The average molecular weight is 279 g/mol. The Bertz CT molecular complexity index is 510. The molecule has 0 bridgehead atoms. The Morgan fingerprint density at radius 3 is 2.68 bits per heavy atom. The summed E-state index contributed by atoms with van der Waals surface area (Å²) in [6.45, 7) is 6.39. The van der Waals surface area contributed by atoms with Crippen LogP contribution >= 0.6 is 11.3 Å². The maximum absolute atomic E-state index is 5.72. The summed E-state index contributed by atoms with van der Waals surface area (Å²) in [5.74, 6) is 1.32. The molecule has 2 heterocycles. The van der Waals surface area contributed by atoms with Crippen LogP contribution in [0, 0.1) is 0 Å². The first kappa shape index (κ1) is 13.5. The van der Waals surface area contributed by atoms with Crippen molar-refractivity contribution in [2.75, 3.05) is 29.0 Å². The molecule has 0 aliphatic carbocycles. The highest BCUT2D eigenvalue weighted by molar-refractivity contribution is 7.09. The molecule has 2 rings (SSSR count). The van der Waals surface area contributed by atoms with Gasteiger partial charge in [0, 0.05) is 24.2 Å². The van der Waals surface area contributed by atoms with Crippen molar-refractivity contribution in [3.8, 4) is 0 Å². The number of nitrogen functional groups attached to an aromatic ring is 1. The molecule has 3 N–H and O–H groups in total. The van der Waals surface area contributed by atoms with E-state index in [-0.39, 0.29) is 5.95 Å². The van der Waals surface area contributed by atoms with Gasteiger partial charge in [-0.1, -0.05) is 0 Å². The van der Waals surface area contributed by atoms with Gasteiger partial charge in [-0.2, -0.15) is 15.0 Å². The molecule has 0 aromatic carbocycles. The molecule has 0 spiro atoms. The van der Waals surface area contributed by atoms with Crippen LogP contribution < -0.4 is 16.0 Å². The number of rotatable bonds is 6. The summed E-state index contributed by atoms with van der Waals surface area (Å²) in [4.78, 5) is 19.8. The Balaban J connectivity index is 2.12. The summed E-state index contributed by atoms with van der Waals surface area (Å²) in [6.07, 6.45) is 1.81. The van der Waals surface area contributed by atoms with Crippen LogP contribution in [0.5, 0.6) is 0 Å². The highest BCUT2D eigenvalue weighted by Gasteiger charge is 2.09. The largest absolute Gasteiger partial charge is 0.368 e. The second-order valence-corrected chi connectivity index (χ2v) is 4.78. The van der Waals surface area contributed by atoms with Crippen molar-refractivity contribution in [2.24, 2.45) is 0 Å². The smallest absolute Gasteiger partial charge is 0.231 e. The molecule has 7 nitrogen and oxygen atoms in total. The van der Waals surface area contributed by atoms with Crippen LogP contribution in [-0.2, 0) is 6.54 Å². The van der Waals surface area contributed by atoms with E-state index in [2.05, 4.69) is 25.3 Å². The summed E-state index contributed by atoms with van der Waals surface area (Å²) in [5, 5.41) is 3.13. The molecule has 0 aliphatic rings. The van der Waals surface area contributed by atoms with Gasteiger partial charge in [-0.05, 0) is 13.8 Å². The van der Waals surface area contributed by atoms with Crippen molar-refractivity contribution in [1.82, 2.24) is 19.9 Å². The Labute approximate surface area is 115 Å². The third kappa shape index (κ3) is 3.50. The lowest BCUT2D eigenvalue weighted by Crippen LogP contribution is -2.25. The SMILES string of the molecule is CCN(CC)c1nc(N)nc(NCc2cncs2)n1. The van der Waals surface area contributed by atoms with E-state index in [1.807, 2.05) is 24.9 Å². The molecule has 0 fully saturated rings. The number of hydrogen-bond donors (Lipinski definition) is 2. The van der Waals surface area contributed by atoms with E-state index in [0.29, 0.717) is 18.4 Å². The third-order valence-corrected chi connectivity index (χ3v) is 3.37. The van der Waals surface area contributed by atoms with Gasteiger partial charge in [0.15, 0.2) is 0 Å². The van der Waals surface area contributed by atoms with Gasteiger partial charge in [0.2, 0.25) is 17.8 Å². The quantitative estimate of drug-likeness (QED) is 0.824. The molecule has 102 valence electrons. The molecular formula is C11H17N7S. The van der Waals surface area contributed by atoms with Crippen molar-refractivity contribution in [1.29, 1.82) is 0 Å². The molecular weight excluding hydrogens is 262 g/mol. The lowest BCUT2D eigenvalue weighted by atomic mass is 10.5. The van der Waals surface area contributed by atoms with Crippen LogP contribution in [-0.4, -0.2) is 33.0 Å². The molecule has 0 aliphatic heterocycles. The second kappa shape index (κ2) is 6.28. The summed E-state index contributed by atoms with van der Waals surface area (Å²) < 4.78 is 0. The number of nitrogens with one attached hydrogen (secondary N) is 1. The maximum Gasteiger partial charge on any atom is 0.231 e. The minimum absolute atomic E-state index is 0.226. The van der Waals surface area contributed by atoms with Gasteiger partial charge in [-0.3, -0.25) is 4.98 Å². The fraction of sp³-hybridized carbons (Fsp3) is 0.455. The van der Waals surface area contributed by atoms with Gasteiger partial charge in [0.25, 0.3) is 0 Å². The number of anilines is 3. The van der Waals surface area contributed by atoms with Gasteiger partial charge in [0.05, 0.1) is 12.1 Å². The molecule has 2 aromatic heterocycles. The monoisotopic (exact) mass is 279 g/mol. The molecule has 8 heteroatoms. The van der Waals surface area contributed by atoms with Gasteiger partial charge in [-0.25, -0.2) is 0 Å². The van der Waals surface area contributed by atoms with E-state index in [1.54, 1.807) is 16.8 Å². The number of hydrogen-bond acceptors (Lipinski definition) is 8. The highest BCUT2D eigenvalue weighted by atomic mass is 32.1. The minimum Gasteiger partial charge on any atom is -0.368 e. The van der Waals surface area contributed by atoms with Crippen LogP contribution in [0.25, 0.3) is 0 Å². The van der Waals surface area contributed by atoms with Crippen molar-refractivity contribution in [2.45, 2.75) is 20.4 Å². The third-order valence-electron chi connectivity index (χ3n) is 2.59. The van der Waals surface area contributed by atoms with Crippen molar-refractivity contribution in [3.63, 3.8) is 0 Å². The lowest BCUT2D eigenvalue weighted by molar-refractivity contribution is 0.814. The summed E-state index contributed by atoms with van der Waals surface area (Å²) in [5.41, 5.74) is 7.51. The fourth-order valence-electron chi connectivity index (χ4n) is 1.60. The number of thiazole rings is 1. The Morgan fingerprint density at radius 2 is 2.05 bits per heavy atom. The zero-order valence-corrected chi connectivity index (χ0v) is 11.8. The van der Waals surface area contributed by atoms with E-state index in [1.165, 1.54) is 0 Å². The maximum atomic E-state index is 5.72. The van der Waals surface area contributed by atoms with Gasteiger partial charge in [-0.15, -0.1) is 11.3 Å². The van der Waals surface area contributed by atoms with E-state index in [0.717, 1.165) is 18.0 Å². The highest BCUT2D eigenvalue weighted by Crippen LogP contribution is 2.13. The Kier molecular flexibility index (Phi) is 4.45. The van der Waals surface area contributed by atoms with Crippen LogP contribution in [0.3, 0.4) is 0 Å². The molecule has 0 unspecified atom stereocenters. The van der Waals surface area contributed by atoms with E-state index >= 15 is 0 Å². The first-order valence-corrected chi connectivity index (χ1v) is 6.98. The fourth-order valence-corrected chi connectivity index (χ4v) is 2.14. The Morgan fingerprint density at radius 1 is 1.26 bits per heavy atom. The second-order valence-electron chi connectivity index (χ2n) is 3.81. The Hall–Kier alpha value is -1.96. The summed E-state index contributed by atoms with van der Waals surface area (Å²) >= 11 is 1.58. The molecule has 0 saturated carbocycles. The summed E-state index contributed by atoms with van der Waals surface area (Å²) in [7, 11) is 0.